The lowest BCUT2D eigenvalue weighted by Crippen LogP contribution is -2.33. The maximum atomic E-state index is 13.1. The number of imide groups is 1. The molecule has 1 N–H and O–H groups in total. The van der Waals surface area contributed by atoms with E-state index in [1.165, 1.54) is 12.0 Å². The number of rotatable bonds is 7. The van der Waals surface area contributed by atoms with Crippen molar-refractivity contribution >= 4 is 23.1 Å². The molecule has 0 fully saturated rings. The van der Waals surface area contributed by atoms with Crippen LogP contribution in [0.3, 0.4) is 0 Å². The molecule has 3 rings (SSSR count). The van der Waals surface area contributed by atoms with Crippen LogP contribution in [0.5, 0.6) is 11.5 Å². The minimum Gasteiger partial charge on any atom is -0.493 e. The van der Waals surface area contributed by atoms with Gasteiger partial charge in [-0.3, -0.25) is 14.5 Å². The quantitative estimate of drug-likeness (QED) is 0.721. The summed E-state index contributed by atoms with van der Waals surface area (Å²) in [7, 11) is 3.09. The summed E-state index contributed by atoms with van der Waals surface area (Å²) in [5, 5.41) is 3.23. The van der Waals surface area contributed by atoms with Gasteiger partial charge in [0.15, 0.2) is 11.5 Å². The van der Waals surface area contributed by atoms with E-state index in [0.29, 0.717) is 35.6 Å². The van der Waals surface area contributed by atoms with E-state index in [2.05, 4.69) is 5.32 Å². The Morgan fingerprint density at radius 2 is 1.66 bits per heavy atom. The highest BCUT2D eigenvalue weighted by Gasteiger charge is 2.39. The maximum Gasteiger partial charge on any atom is 0.278 e. The minimum absolute atomic E-state index is 0.282. The summed E-state index contributed by atoms with van der Waals surface area (Å²) in [4.78, 5) is 27.5. The van der Waals surface area contributed by atoms with Gasteiger partial charge in [-0.15, -0.1) is 0 Å². The fourth-order valence-corrected chi connectivity index (χ4v) is 3.38. The van der Waals surface area contributed by atoms with Crippen LogP contribution in [0.25, 0.3) is 5.57 Å². The van der Waals surface area contributed by atoms with E-state index in [1.807, 2.05) is 39.0 Å². The molecule has 29 heavy (non-hydrogen) atoms. The van der Waals surface area contributed by atoms with E-state index in [0.717, 1.165) is 16.8 Å². The van der Waals surface area contributed by atoms with Gasteiger partial charge in [0, 0.05) is 12.2 Å². The molecule has 6 heteroatoms. The Hall–Kier alpha value is -3.28. The summed E-state index contributed by atoms with van der Waals surface area (Å²) in [6.45, 7) is 6.25. The van der Waals surface area contributed by atoms with E-state index in [9.17, 15) is 9.59 Å². The molecule has 1 aliphatic rings. The van der Waals surface area contributed by atoms with Crippen molar-refractivity contribution in [2.45, 2.75) is 27.2 Å². The summed E-state index contributed by atoms with van der Waals surface area (Å²) >= 11 is 0. The highest BCUT2D eigenvalue weighted by atomic mass is 16.5. The Bertz CT molecular complexity index is 994. The molecule has 2 aromatic carbocycles. The first kappa shape index (κ1) is 20.5. The van der Waals surface area contributed by atoms with Crippen LogP contribution >= 0.6 is 0 Å². The standard InChI is InChI=1S/C23H26N2O4/c1-6-11-25-22(26)20(16-9-10-18(28-4)19(13-16)29-5)21(23(25)27)24-17-12-14(2)7-8-15(17)3/h7-10,12-13,24H,6,11H2,1-5H3. The monoisotopic (exact) mass is 394 g/mol. The lowest BCUT2D eigenvalue weighted by atomic mass is 10.0. The third-order valence-corrected chi connectivity index (χ3v) is 4.94. The Morgan fingerprint density at radius 3 is 2.31 bits per heavy atom. The van der Waals surface area contributed by atoms with Crippen molar-refractivity contribution in [1.29, 1.82) is 0 Å². The molecular formula is C23H26N2O4. The zero-order valence-corrected chi connectivity index (χ0v) is 17.5. The third-order valence-electron chi connectivity index (χ3n) is 4.94. The summed E-state index contributed by atoms with van der Waals surface area (Å²) in [6, 6.07) is 11.2. The number of ether oxygens (including phenoxy) is 2. The van der Waals surface area contributed by atoms with E-state index < -0.39 is 0 Å². The second kappa shape index (κ2) is 8.39. The number of hydrogen-bond acceptors (Lipinski definition) is 5. The number of carbonyl (C=O) groups excluding carboxylic acids is 2. The number of anilines is 1. The second-order valence-electron chi connectivity index (χ2n) is 7.03. The van der Waals surface area contributed by atoms with Gasteiger partial charge in [-0.2, -0.15) is 0 Å². The average molecular weight is 394 g/mol. The molecular weight excluding hydrogens is 368 g/mol. The number of nitrogens with one attached hydrogen (secondary N) is 1. The van der Waals surface area contributed by atoms with Gasteiger partial charge in [0.25, 0.3) is 11.8 Å². The fraction of sp³-hybridized carbons (Fsp3) is 0.304. The first-order valence-corrected chi connectivity index (χ1v) is 9.58. The summed E-state index contributed by atoms with van der Waals surface area (Å²) in [6.07, 6.45) is 0.688. The molecule has 0 atom stereocenters. The Balaban J connectivity index is 2.14. The molecule has 1 aliphatic heterocycles. The number of carbonyl (C=O) groups is 2. The van der Waals surface area contributed by atoms with E-state index in [-0.39, 0.29) is 17.5 Å². The van der Waals surface area contributed by atoms with Gasteiger partial charge in [0.05, 0.1) is 19.8 Å². The summed E-state index contributed by atoms with van der Waals surface area (Å²) < 4.78 is 10.7. The number of amides is 2. The topological polar surface area (TPSA) is 67.9 Å². The van der Waals surface area contributed by atoms with Gasteiger partial charge < -0.3 is 14.8 Å². The van der Waals surface area contributed by atoms with Crippen LogP contribution in [0.1, 0.15) is 30.0 Å². The van der Waals surface area contributed by atoms with Gasteiger partial charge in [0.1, 0.15) is 5.70 Å². The first-order chi connectivity index (χ1) is 13.9. The van der Waals surface area contributed by atoms with Gasteiger partial charge in [-0.05, 0) is 55.2 Å². The van der Waals surface area contributed by atoms with Gasteiger partial charge >= 0.3 is 0 Å². The normalized spacial score (nSPS) is 13.9. The predicted molar refractivity (Wildman–Crippen MR) is 113 cm³/mol. The first-order valence-electron chi connectivity index (χ1n) is 9.58. The number of aryl methyl sites for hydroxylation is 2. The molecule has 1 heterocycles. The highest BCUT2D eigenvalue weighted by molar-refractivity contribution is 6.36. The molecule has 152 valence electrons. The van der Waals surface area contributed by atoms with Crippen LogP contribution in [0.15, 0.2) is 42.1 Å². The van der Waals surface area contributed by atoms with Crippen molar-refractivity contribution in [3.8, 4) is 11.5 Å². The highest BCUT2D eigenvalue weighted by Crippen LogP contribution is 2.36. The van der Waals surface area contributed by atoms with Crippen LogP contribution in [-0.4, -0.2) is 37.5 Å². The van der Waals surface area contributed by atoms with Crippen molar-refractivity contribution in [2.24, 2.45) is 0 Å². The van der Waals surface area contributed by atoms with Crippen LogP contribution in [-0.2, 0) is 9.59 Å². The van der Waals surface area contributed by atoms with Crippen molar-refractivity contribution in [1.82, 2.24) is 4.90 Å². The number of nitrogens with zero attached hydrogens (tertiary/aromatic N) is 1. The molecule has 6 nitrogen and oxygen atoms in total. The fourth-order valence-electron chi connectivity index (χ4n) is 3.38. The van der Waals surface area contributed by atoms with Crippen LogP contribution < -0.4 is 14.8 Å². The SMILES string of the molecule is CCCN1C(=O)C(Nc2cc(C)ccc2C)=C(c2ccc(OC)c(OC)c2)C1=O. The van der Waals surface area contributed by atoms with Crippen molar-refractivity contribution < 1.29 is 19.1 Å². The zero-order valence-electron chi connectivity index (χ0n) is 17.5. The van der Waals surface area contributed by atoms with Gasteiger partial charge in [-0.25, -0.2) is 0 Å². The largest absolute Gasteiger partial charge is 0.493 e. The summed E-state index contributed by atoms with van der Waals surface area (Å²) in [5.41, 5.74) is 4.08. The lowest BCUT2D eigenvalue weighted by Gasteiger charge is -2.14. The maximum absolute atomic E-state index is 13.1. The minimum atomic E-state index is -0.317. The van der Waals surface area contributed by atoms with E-state index >= 15 is 0 Å². The van der Waals surface area contributed by atoms with Crippen LogP contribution in [0, 0.1) is 13.8 Å². The van der Waals surface area contributed by atoms with Crippen molar-refractivity contribution in [3.05, 3.63) is 58.8 Å². The molecule has 2 aromatic rings. The van der Waals surface area contributed by atoms with Crippen molar-refractivity contribution in [3.63, 3.8) is 0 Å². The smallest absolute Gasteiger partial charge is 0.278 e. The van der Waals surface area contributed by atoms with Gasteiger partial charge in [0.2, 0.25) is 0 Å². The summed E-state index contributed by atoms with van der Waals surface area (Å²) in [5.74, 6) is 0.431. The molecule has 2 amide bonds. The average Bonchev–Trinajstić information content (AvgIpc) is 2.94. The molecule has 0 saturated heterocycles. The Morgan fingerprint density at radius 1 is 0.931 bits per heavy atom. The van der Waals surface area contributed by atoms with E-state index in [4.69, 9.17) is 9.47 Å². The zero-order chi connectivity index (χ0) is 21.1. The third kappa shape index (κ3) is 3.83. The van der Waals surface area contributed by atoms with Crippen molar-refractivity contribution in [2.75, 3.05) is 26.1 Å². The Labute approximate surface area is 171 Å². The number of hydrogen-bond donors (Lipinski definition) is 1. The molecule has 0 aromatic heterocycles. The molecule has 0 unspecified atom stereocenters. The molecule has 0 radical (unpaired) electrons. The molecule has 0 saturated carbocycles. The number of methoxy groups -OCH3 is 2. The van der Waals surface area contributed by atoms with Crippen LogP contribution in [0.4, 0.5) is 5.69 Å². The predicted octanol–water partition coefficient (Wildman–Crippen LogP) is 3.92. The second-order valence-corrected chi connectivity index (χ2v) is 7.03. The lowest BCUT2D eigenvalue weighted by molar-refractivity contribution is -0.136. The Kier molecular flexibility index (Phi) is 5.92. The molecule has 0 spiro atoms. The number of benzene rings is 2. The molecule has 0 aliphatic carbocycles. The molecule has 0 bridgehead atoms. The van der Waals surface area contributed by atoms with Gasteiger partial charge in [-0.1, -0.05) is 25.1 Å². The van der Waals surface area contributed by atoms with Crippen LogP contribution in [0.2, 0.25) is 0 Å². The van der Waals surface area contributed by atoms with E-state index in [1.54, 1.807) is 25.3 Å².